The van der Waals surface area contributed by atoms with Crippen LogP contribution in [0.1, 0.15) is 10.4 Å². The molecule has 0 unspecified atom stereocenters. The van der Waals surface area contributed by atoms with Crippen LogP contribution in [0.5, 0.6) is 11.6 Å². The molecule has 31 heavy (non-hydrogen) atoms. The van der Waals surface area contributed by atoms with Crippen LogP contribution >= 0.6 is 11.3 Å². The molecule has 0 aliphatic heterocycles. The standard InChI is InChI=1S/C22H17FN4O3S/c1-29-13-8-9-14(16(23)11-13)20-15(5-4-10-24-20)21(28)27-22-26-18(12-31-22)17-6-3-7-19(25-17)30-2/h3-12H,1-2H3,(H,26,27,28). The fourth-order valence-corrected chi connectivity index (χ4v) is 3.60. The van der Waals surface area contributed by atoms with Gasteiger partial charge in [-0.25, -0.2) is 14.4 Å². The Balaban J connectivity index is 1.60. The van der Waals surface area contributed by atoms with Gasteiger partial charge in [-0.05, 0) is 30.3 Å². The number of halogens is 1. The number of carbonyl (C=O) groups excluding carboxylic acids is 1. The highest BCUT2D eigenvalue weighted by molar-refractivity contribution is 7.14. The number of nitrogens with one attached hydrogen (secondary N) is 1. The number of pyridine rings is 2. The van der Waals surface area contributed by atoms with Gasteiger partial charge in [0.15, 0.2) is 5.13 Å². The average molecular weight is 436 g/mol. The normalized spacial score (nSPS) is 10.5. The minimum Gasteiger partial charge on any atom is -0.497 e. The molecule has 0 aliphatic rings. The fourth-order valence-electron chi connectivity index (χ4n) is 2.90. The van der Waals surface area contributed by atoms with E-state index in [-0.39, 0.29) is 16.8 Å². The van der Waals surface area contributed by atoms with E-state index in [2.05, 4.69) is 20.3 Å². The third-order valence-electron chi connectivity index (χ3n) is 4.40. The zero-order valence-electron chi connectivity index (χ0n) is 16.6. The number of hydrogen-bond acceptors (Lipinski definition) is 7. The molecule has 1 N–H and O–H groups in total. The lowest BCUT2D eigenvalue weighted by Gasteiger charge is -2.10. The second kappa shape index (κ2) is 8.88. The van der Waals surface area contributed by atoms with Crippen LogP contribution in [0.2, 0.25) is 0 Å². The number of anilines is 1. The number of hydrogen-bond donors (Lipinski definition) is 1. The summed E-state index contributed by atoms with van der Waals surface area (Å²) in [5.74, 6) is -0.132. The SMILES string of the molecule is COc1ccc(-c2ncccc2C(=O)Nc2nc(-c3cccc(OC)n3)cs2)c(F)c1. The van der Waals surface area contributed by atoms with Crippen molar-refractivity contribution in [1.82, 2.24) is 15.0 Å². The Morgan fingerprint density at radius 2 is 1.90 bits per heavy atom. The maximum Gasteiger partial charge on any atom is 0.259 e. The van der Waals surface area contributed by atoms with Crippen molar-refractivity contribution in [3.05, 3.63) is 71.5 Å². The number of carbonyl (C=O) groups is 1. The van der Waals surface area contributed by atoms with E-state index in [1.807, 2.05) is 6.07 Å². The van der Waals surface area contributed by atoms with Gasteiger partial charge in [0, 0.05) is 29.3 Å². The molecule has 0 atom stereocenters. The van der Waals surface area contributed by atoms with Crippen LogP contribution in [0.4, 0.5) is 9.52 Å². The zero-order chi connectivity index (χ0) is 21.8. The lowest BCUT2D eigenvalue weighted by molar-refractivity contribution is 0.102. The predicted molar refractivity (Wildman–Crippen MR) is 116 cm³/mol. The van der Waals surface area contributed by atoms with Gasteiger partial charge in [0.2, 0.25) is 5.88 Å². The second-order valence-corrected chi connectivity index (χ2v) is 7.16. The summed E-state index contributed by atoms with van der Waals surface area (Å²) in [6, 6.07) is 12.9. The molecular weight excluding hydrogens is 419 g/mol. The van der Waals surface area contributed by atoms with Gasteiger partial charge in [-0.3, -0.25) is 15.1 Å². The summed E-state index contributed by atoms with van der Waals surface area (Å²) in [4.78, 5) is 25.9. The number of nitrogens with zero attached hydrogens (tertiary/aromatic N) is 3. The molecule has 1 aromatic carbocycles. The van der Waals surface area contributed by atoms with Gasteiger partial charge in [-0.2, -0.15) is 0 Å². The van der Waals surface area contributed by atoms with E-state index in [0.717, 1.165) is 0 Å². The van der Waals surface area contributed by atoms with Gasteiger partial charge in [-0.15, -0.1) is 11.3 Å². The van der Waals surface area contributed by atoms with Crippen LogP contribution < -0.4 is 14.8 Å². The van der Waals surface area contributed by atoms with Crippen molar-refractivity contribution >= 4 is 22.4 Å². The van der Waals surface area contributed by atoms with E-state index in [9.17, 15) is 9.18 Å². The molecule has 4 aromatic rings. The molecule has 0 radical (unpaired) electrons. The minimum atomic E-state index is -0.535. The van der Waals surface area contributed by atoms with Crippen LogP contribution in [0.15, 0.2) is 60.1 Å². The minimum absolute atomic E-state index is 0.201. The maximum atomic E-state index is 14.6. The van der Waals surface area contributed by atoms with Crippen molar-refractivity contribution in [3.63, 3.8) is 0 Å². The van der Waals surface area contributed by atoms with Crippen LogP contribution in [-0.4, -0.2) is 35.1 Å². The summed E-state index contributed by atoms with van der Waals surface area (Å²) in [6.07, 6.45) is 1.51. The Morgan fingerprint density at radius 3 is 2.68 bits per heavy atom. The maximum absolute atomic E-state index is 14.6. The number of aromatic nitrogens is 3. The molecule has 0 bridgehead atoms. The fraction of sp³-hybridized carbons (Fsp3) is 0.0909. The first kappa shape index (κ1) is 20.4. The lowest BCUT2D eigenvalue weighted by atomic mass is 10.0. The molecule has 9 heteroatoms. The van der Waals surface area contributed by atoms with Crippen molar-refractivity contribution in [2.24, 2.45) is 0 Å². The molecule has 1 amide bonds. The van der Waals surface area contributed by atoms with Gasteiger partial charge >= 0.3 is 0 Å². The second-order valence-electron chi connectivity index (χ2n) is 6.30. The summed E-state index contributed by atoms with van der Waals surface area (Å²) in [6.45, 7) is 0. The summed E-state index contributed by atoms with van der Waals surface area (Å²) >= 11 is 1.26. The van der Waals surface area contributed by atoms with Gasteiger partial charge in [0.05, 0.1) is 31.2 Å². The molecule has 3 heterocycles. The topological polar surface area (TPSA) is 86.2 Å². The van der Waals surface area contributed by atoms with Gasteiger partial charge in [-0.1, -0.05) is 6.07 Å². The third kappa shape index (κ3) is 4.36. The Hall–Kier alpha value is -3.85. The summed E-state index contributed by atoms with van der Waals surface area (Å²) in [5.41, 5.74) is 1.88. The predicted octanol–water partition coefficient (Wildman–Crippen LogP) is 4.68. The molecule has 7 nitrogen and oxygen atoms in total. The van der Waals surface area contributed by atoms with E-state index in [1.165, 1.54) is 43.9 Å². The van der Waals surface area contributed by atoms with Crippen LogP contribution in [0, 0.1) is 5.82 Å². The van der Waals surface area contributed by atoms with Crippen LogP contribution in [-0.2, 0) is 0 Å². The average Bonchev–Trinajstić information content (AvgIpc) is 3.27. The molecule has 4 rings (SSSR count). The largest absolute Gasteiger partial charge is 0.497 e. The molecule has 0 aliphatic carbocycles. The number of amides is 1. The van der Waals surface area contributed by atoms with E-state index in [1.54, 1.807) is 35.7 Å². The smallest absolute Gasteiger partial charge is 0.259 e. The van der Waals surface area contributed by atoms with E-state index in [4.69, 9.17) is 9.47 Å². The zero-order valence-corrected chi connectivity index (χ0v) is 17.4. The Morgan fingerprint density at radius 1 is 1.03 bits per heavy atom. The number of thiazole rings is 1. The molecule has 156 valence electrons. The number of ether oxygens (including phenoxy) is 2. The van der Waals surface area contributed by atoms with E-state index < -0.39 is 11.7 Å². The highest BCUT2D eigenvalue weighted by atomic mass is 32.1. The summed E-state index contributed by atoms with van der Waals surface area (Å²) in [7, 11) is 2.99. The Labute approximate surface area is 181 Å². The highest BCUT2D eigenvalue weighted by Crippen LogP contribution is 2.29. The number of rotatable bonds is 6. The molecule has 0 spiro atoms. The molecule has 0 saturated heterocycles. The quantitative estimate of drug-likeness (QED) is 0.473. The lowest BCUT2D eigenvalue weighted by Crippen LogP contribution is -2.14. The van der Waals surface area contributed by atoms with Gasteiger partial charge in [0.25, 0.3) is 5.91 Å². The first-order chi connectivity index (χ1) is 15.1. The third-order valence-corrected chi connectivity index (χ3v) is 5.16. The molecule has 0 fully saturated rings. The molecular formula is C22H17FN4O3S. The first-order valence-corrected chi connectivity index (χ1v) is 10.0. The first-order valence-electron chi connectivity index (χ1n) is 9.16. The van der Waals surface area contributed by atoms with Crippen LogP contribution in [0.25, 0.3) is 22.6 Å². The van der Waals surface area contributed by atoms with Crippen molar-refractivity contribution in [2.75, 3.05) is 19.5 Å². The monoisotopic (exact) mass is 436 g/mol. The summed E-state index contributed by atoms with van der Waals surface area (Å²) in [5, 5.41) is 4.92. The van der Waals surface area contributed by atoms with Gasteiger partial charge in [0.1, 0.15) is 17.3 Å². The molecule has 3 aromatic heterocycles. The summed E-state index contributed by atoms with van der Waals surface area (Å²) < 4.78 is 24.7. The van der Waals surface area contributed by atoms with E-state index in [0.29, 0.717) is 28.1 Å². The van der Waals surface area contributed by atoms with Crippen molar-refractivity contribution in [3.8, 4) is 34.3 Å². The Kier molecular flexibility index (Phi) is 5.85. The number of benzene rings is 1. The van der Waals surface area contributed by atoms with Crippen molar-refractivity contribution < 1.29 is 18.7 Å². The van der Waals surface area contributed by atoms with E-state index >= 15 is 0 Å². The van der Waals surface area contributed by atoms with Crippen LogP contribution in [0.3, 0.4) is 0 Å². The highest BCUT2D eigenvalue weighted by Gasteiger charge is 2.18. The van der Waals surface area contributed by atoms with Crippen molar-refractivity contribution in [1.29, 1.82) is 0 Å². The number of methoxy groups -OCH3 is 2. The molecule has 0 saturated carbocycles. The Bertz CT molecular complexity index is 1240. The van der Waals surface area contributed by atoms with Crippen molar-refractivity contribution in [2.45, 2.75) is 0 Å². The van der Waals surface area contributed by atoms with Gasteiger partial charge < -0.3 is 9.47 Å².